The van der Waals surface area contributed by atoms with Crippen molar-refractivity contribution in [3.8, 4) is 0 Å². The molecule has 0 radical (unpaired) electrons. The average Bonchev–Trinajstić information content (AvgIpc) is 1.90. The highest BCUT2D eigenvalue weighted by molar-refractivity contribution is 5.70. The van der Waals surface area contributed by atoms with Crippen molar-refractivity contribution in [2.45, 2.75) is 32.7 Å². The minimum atomic E-state index is -0.535. The lowest BCUT2D eigenvalue weighted by Gasteiger charge is -2.13. The molecule has 60 valence electrons. The van der Waals surface area contributed by atoms with E-state index in [4.69, 9.17) is 5.73 Å². The second kappa shape index (κ2) is 5.05. The van der Waals surface area contributed by atoms with Crippen LogP contribution in [0.4, 0.5) is 4.79 Å². The second-order valence-electron chi connectivity index (χ2n) is 2.15. The molecule has 0 aromatic rings. The van der Waals surface area contributed by atoms with Gasteiger partial charge in [-0.3, -0.25) is 5.43 Å². The van der Waals surface area contributed by atoms with Crippen molar-refractivity contribution in [1.82, 2.24) is 10.9 Å². The van der Waals surface area contributed by atoms with E-state index in [1.807, 2.05) is 13.8 Å². The second-order valence-corrected chi connectivity index (χ2v) is 2.15. The summed E-state index contributed by atoms with van der Waals surface area (Å²) in [6, 6.07) is -0.209. The molecule has 0 fully saturated rings. The molecule has 4 N–H and O–H groups in total. The van der Waals surface area contributed by atoms with Crippen molar-refractivity contribution < 1.29 is 4.79 Å². The van der Waals surface area contributed by atoms with Crippen molar-refractivity contribution in [1.29, 1.82) is 0 Å². The first-order chi connectivity index (χ1) is 4.70. The number of hydrogen-bond acceptors (Lipinski definition) is 2. The van der Waals surface area contributed by atoms with E-state index in [1.54, 1.807) is 0 Å². The maximum absolute atomic E-state index is 10.2. The van der Waals surface area contributed by atoms with Gasteiger partial charge in [0.05, 0.1) is 0 Å². The summed E-state index contributed by atoms with van der Waals surface area (Å²) >= 11 is 0. The zero-order valence-electron chi connectivity index (χ0n) is 6.48. The summed E-state index contributed by atoms with van der Waals surface area (Å²) in [5, 5.41) is 0. The lowest BCUT2D eigenvalue weighted by Crippen LogP contribution is -2.46. The van der Waals surface area contributed by atoms with Crippen LogP contribution in [0, 0.1) is 0 Å². The SMILES string of the molecule is CCC(CC)NNC(N)=O. The topological polar surface area (TPSA) is 67.2 Å². The van der Waals surface area contributed by atoms with Gasteiger partial charge in [0.15, 0.2) is 0 Å². The Kier molecular flexibility index (Phi) is 4.66. The number of amides is 2. The van der Waals surface area contributed by atoms with Gasteiger partial charge < -0.3 is 5.73 Å². The molecule has 0 saturated heterocycles. The van der Waals surface area contributed by atoms with Crippen molar-refractivity contribution in [3.05, 3.63) is 0 Å². The fraction of sp³-hybridized carbons (Fsp3) is 0.833. The Hall–Kier alpha value is -0.770. The van der Waals surface area contributed by atoms with Crippen LogP contribution >= 0.6 is 0 Å². The lowest BCUT2D eigenvalue weighted by atomic mass is 10.2. The Morgan fingerprint density at radius 1 is 1.50 bits per heavy atom. The van der Waals surface area contributed by atoms with Gasteiger partial charge in [0, 0.05) is 6.04 Å². The summed E-state index contributed by atoms with van der Waals surface area (Å²) in [6.45, 7) is 4.09. The van der Waals surface area contributed by atoms with Crippen LogP contribution in [0.2, 0.25) is 0 Å². The summed E-state index contributed by atoms with van der Waals surface area (Å²) in [4.78, 5) is 10.2. The van der Waals surface area contributed by atoms with Crippen LogP contribution in [0.3, 0.4) is 0 Å². The molecule has 0 rings (SSSR count). The van der Waals surface area contributed by atoms with Crippen LogP contribution in [-0.4, -0.2) is 12.1 Å². The molecule has 0 atom stereocenters. The first-order valence-corrected chi connectivity index (χ1v) is 3.51. The number of nitrogens with two attached hydrogens (primary N) is 1. The first-order valence-electron chi connectivity index (χ1n) is 3.51. The molecule has 0 aliphatic rings. The van der Waals surface area contributed by atoms with Gasteiger partial charge in [0.1, 0.15) is 0 Å². The molecule has 0 bridgehead atoms. The predicted octanol–water partition coefficient (Wildman–Crippen LogP) is 0.348. The highest BCUT2D eigenvalue weighted by atomic mass is 16.2. The van der Waals surface area contributed by atoms with E-state index < -0.39 is 6.03 Å². The van der Waals surface area contributed by atoms with Crippen molar-refractivity contribution in [3.63, 3.8) is 0 Å². The average molecular weight is 145 g/mol. The van der Waals surface area contributed by atoms with Crippen LogP contribution in [-0.2, 0) is 0 Å². The predicted molar refractivity (Wildman–Crippen MR) is 40.2 cm³/mol. The minimum absolute atomic E-state index is 0.326. The molecule has 0 unspecified atom stereocenters. The largest absolute Gasteiger partial charge is 0.351 e. The maximum Gasteiger partial charge on any atom is 0.326 e. The molecule has 0 aromatic heterocycles. The van der Waals surface area contributed by atoms with Gasteiger partial charge in [-0.2, -0.15) is 0 Å². The van der Waals surface area contributed by atoms with Gasteiger partial charge in [0.2, 0.25) is 0 Å². The third-order valence-electron chi connectivity index (χ3n) is 1.39. The molecule has 2 amide bonds. The van der Waals surface area contributed by atoms with Crippen LogP contribution in [0.25, 0.3) is 0 Å². The van der Waals surface area contributed by atoms with Gasteiger partial charge in [-0.05, 0) is 12.8 Å². The summed E-state index contributed by atoms with van der Waals surface area (Å²) in [6.07, 6.45) is 1.97. The zero-order valence-corrected chi connectivity index (χ0v) is 6.48. The van der Waals surface area contributed by atoms with E-state index in [0.717, 1.165) is 12.8 Å². The summed E-state index contributed by atoms with van der Waals surface area (Å²) in [5.41, 5.74) is 9.97. The van der Waals surface area contributed by atoms with E-state index >= 15 is 0 Å². The van der Waals surface area contributed by atoms with Gasteiger partial charge in [-0.15, -0.1) is 0 Å². The van der Waals surface area contributed by atoms with E-state index in [2.05, 4.69) is 10.9 Å². The molecule has 0 aromatic carbocycles. The Morgan fingerprint density at radius 3 is 2.30 bits per heavy atom. The number of carbonyl (C=O) groups excluding carboxylic acids is 1. The smallest absolute Gasteiger partial charge is 0.326 e. The Bertz CT molecular complexity index is 101. The fourth-order valence-corrected chi connectivity index (χ4v) is 0.666. The summed E-state index contributed by atoms with van der Waals surface area (Å²) < 4.78 is 0. The van der Waals surface area contributed by atoms with Gasteiger partial charge in [-0.25, -0.2) is 10.2 Å². The summed E-state index contributed by atoms with van der Waals surface area (Å²) in [5.74, 6) is 0. The van der Waals surface area contributed by atoms with E-state index in [0.29, 0.717) is 6.04 Å². The van der Waals surface area contributed by atoms with Gasteiger partial charge in [-0.1, -0.05) is 13.8 Å². The highest BCUT2D eigenvalue weighted by Crippen LogP contribution is 1.92. The van der Waals surface area contributed by atoms with Gasteiger partial charge >= 0.3 is 6.03 Å². The number of nitrogens with one attached hydrogen (secondary N) is 2. The third kappa shape index (κ3) is 4.14. The van der Waals surface area contributed by atoms with E-state index in [1.165, 1.54) is 0 Å². The molecule has 0 aliphatic carbocycles. The van der Waals surface area contributed by atoms with Crippen LogP contribution in [0.1, 0.15) is 26.7 Å². The molecule has 0 saturated carbocycles. The number of primary amides is 1. The molecule has 4 heteroatoms. The number of carbonyl (C=O) groups is 1. The molecule has 0 heterocycles. The van der Waals surface area contributed by atoms with Crippen LogP contribution < -0.4 is 16.6 Å². The number of urea groups is 1. The number of hydrazine groups is 1. The van der Waals surface area contributed by atoms with Crippen LogP contribution in [0.5, 0.6) is 0 Å². The molecule has 4 nitrogen and oxygen atoms in total. The maximum atomic E-state index is 10.2. The van der Waals surface area contributed by atoms with Crippen LogP contribution in [0.15, 0.2) is 0 Å². The minimum Gasteiger partial charge on any atom is -0.351 e. The quantitative estimate of drug-likeness (QED) is 0.499. The Balaban J connectivity index is 3.34. The van der Waals surface area contributed by atoms with E-state index in [9.17, 15) is 4.79 Å². The lowest BCUT2D eigenvalue weighted by molar-refractivity contribution is 0.241. The normalized spacial score (nSPS) is 9.90. The number of hydrogen-bond donors (Lipinski definition) is 3. The fourth-order valence-electron chi connectivity index (χ4n) is 0.666. The van der Waals surface area contributed by atoms with E-state index in [-0.39, 0.29) is 0 Å². The molecule has 0 aliphatic heterocycles. The van der Waals surface area contributed by atoms with Crippen molar-refractivity contribution in [2.75, 3.05) is 0 Å². The van der Waals surface area contributed by atoms with Crippen molar-refractivity contribution >= 4 is 6.03 Å². The summed E-state index contributed by atoms with van der Waals surface area (Å²) in [7, 11) is 0. The molecular formula is C6H15N3O. The molecule has 10 heavy (non-hydrogen) atoms. The number of rotatable bonds is 4. The van der Waals surface area contributed by atoms with Crippen molar-refractivity contribution in [2.24, 2.45) is 5.73 Å². The first kappa shape index (κ1) is 9.23. The molecule has 0 spiro atoms. The molecular weight excluding hydrogens is 130 g/mol. The monoisotopic (exact) mass is 145 g/mol. The Morgan fingerprint density at radius 2 is 2.00 bits per heavy atom. The standard InChI is InChI=1S/C6H15N3O/c1-3-5(4-2)8-9-6(7)10/h5,8H,3-4H2,1-2H3,(H3,7,9,10). The zero-order chi connectivity index (χ0) is 7.98. The Labute approximate surface area is 61.1 Å². The third-order valence-corrected chi connectivity index (χ3v) is 1.39. The highest BCUT2D eigenvalue weighted by Gasteiger charge is 2.00. The van der Waals surface area contributed by atoms with Gasteiger partial charge in [0.25, 0.3) is 0 Å².